The van der Waals surface area contributed by atoms with Crippen molar-refractivity contribution < 1.29 is 19.0 Å². The zero-order valence-corrected chi connectivity index (χ0v) is 18.6. The van der Waals surface area contributed by atoms with Gasteiger partial charge in [0.1, 0.15) is 12.4 Å². The first kappa shape index (κ1) is 22.9. The minimum absolute atomic E-state index is 0.138. The van der Waals surface area contributed by atoms with Crippen LogP contribution in [0.4, 0.5) is 4.39 Å². The molecule has 164 valence electrons. The van der Waals surface area contributed by atoms with Crippen molar-refractivity contribution >= 4 is 11.8 Å². The smallest absolute Gasteiger partial charge is 0.255 e. The van der Waals surface area contributed by atoms with Crippen molar-refractivity contribution in [3.63, 3.8) is 0 Å². The Morgan fingerprint density at radius 1 is 1.10 bits per heavy atom. The third-order valence-corrected chi connectivity index (χ3v) is 6.01. The van der Waals surface area contributed by atoms with Crippen molar-refractivity contribution in [2.75, 3.05) is 13.7 Å². The topological polar surface area (TPSA) is 60.7 Å². The Bertz CT molecular complexity index is 1080. The number of pyridine rings is 1. The second kappa shape index (κ2) is 10.0. The van der Waals surface area contributed by atoms with E-state index < -0.39 is 5.60 Å². The summed E-state index contributed by atoms with van der Waals surface area (Å²) in [7, 11) is 1.53. The molecule has 0 aliphatic rings. The predicted molar refractivity (Wildman–Crippen MR) is 121 cm³/mol. The number of methoxy groups -OCH3 is 1. The van der Waals surface area contributed by atoms with Gasteiger partial charge in [0.05, 0.1) is 18.4 Å². The average molecular weight is 444 g/mol. The molecule has 0 bridgehead atoms. The number of aromatic nitrogens is 1. The highest BCUT2D eigenvalue weighted by Gasteiger charge is 2.19. The lowest BCUT2D eigenvalue weighted by atomic mass is 10.1. The molecule has 0 aliphatic heterocycles. The highest BCUT2D eigenvalue weighted by Crippen LogP contribution is 2.30. The molecule has 1 atom stereocenters. The SMILES string of the molecule is CCC(C)(O)COc1ccc(-n2ccc(CSc3ccc(F)cc3)cc2=O)cc1OC. The molecule has 31 heavy (non-hydrogen) atoms. The van der Waals surface area contributed by atoms with Crippen molar-refractivity contribution in [3.8, 4) is 17.2 Å². The maximum absolute atomic E-state index is 13.0. The Morgan fingerprint density at radius 3 is 2.48 bits per heavy atom. The van der Waals surface area contributed by atoms with E-state index in [4.69, 9.17) is 9.47 Å². The van der Waals surface area contributed by atoms with Gasteiger partial charge in [-0.15, -0.1) is 11.8 Å². The molecule has 2 aromatic carbocycles. The number of halogens is 1. The Hall–Kier alpha value is -2.77. The summed E-state index contributed by atoms with van der Waals surface area (Å²) in [6.07, 6.45) is 2.29. The van der Waals surface area contributed by atoms with E-state index in [0.29, 0.717) is 29.4 Å². The van der Waals surface area contributed by atoms with Crippen LogP contribution in [0, 0.1) is 5.82 Å². The summed E-state index contributed by atoms with van der Waals surface area (Å²) in [5.74, 6) is 1.32. The van der Waals surface area contributed by atoms with Crippen LogP contribution in [-0.4, -0.2) is 29.0 Å². The molecule has 0 radical (unpaired) electrons. The fraction of sp³-hybridized carbons (Fsp3) is 0.292. The van der Waals surface area contributed by atoms with E-state index in [1.807, 2.05) is 13.0 Å². The lowest BCUT2D eigenvalue weighted by Crippen LogP contribution is -2.31. The third kappa shape index (κ3) is 6.12. The molecule has 1 unspecified atom stereocenters. The van der Waals surface area contributed by atoms with E-state index in [-0.39, 0.29) is 18.0 Å². The van der Waals surface area contributed by atoms with Gasteiger partial charge in [-0.25, -0.2) is 4.39 Å². The van der Waals surface area contributed by atoms with Crippen LogP contribution in [0.15, 0.2) is 70.5 Å². The van der Waals surface area contributed by atoms with Crippen molar-refractivity contribution in [2.45, 2.75) is 36.5 Å². The number of hydrogen-bond acceptors (Lipinski definition) is 5. The van der Waals surface area contributed by atoms with Gasteiger partial charge in [-0.1, -0.05) is 6.92 Å². The molecule has 0 fully saturated rings. The van der Waals surface area contributed by atoms with Crippen LogP contribution in [0.5, 0.6) is 11.5 Å². The van der Waals surface area contributed by atoms with Gasteiger partial charge in [0, 0.05) is 29.0 Å². The van der Waals surface area contributed by atoms with Gasteiger partial charge in [0.2, 0.25) is 0 Å². The molecule has 1 heterocycles. The van der Waals surface area contributed by atoms with Crippen LogP contribution in [0.1, 0.15) is 25.8 Å². The summed E-state index contributed by atoms with van der Waals surface area (Å²) in [5.41, 5.74) is 0.433. The fourth-order valence-electron chi connectivity index (χ4n) is 2.78. The van der Waals surface area contributed by atoms with E-state index in [1.165, 1.54) is 35.6 Å². The number of hydrogen-bond donors (Lipinski definition) is 1. The summed E-state index contributed by atoms with van der Waals surface area (Å²) in [6, 6.07) is 15.0. The standard InChI is InChI=1S/C24H26FNO4S/c1-4-24(2,28)16-30-21-10-7-19(14-22(21)29-3)26-12-11-17(13-23(26)27)15-31-20-8-5-18(25)6-9-20/h5-14,28H,4,15-16H2,1-3H3. The van der Waals surface area contributed by atoms with Crippen molar-refractivity contribution in [1.29, 1.82) is 0 Å². The van der Waals surface area contributed by atoms with Crippen LogP contribution < -0.4 is 15.0 Å². The Balaban J connectivity index is 1.74. The summed E-state index contributed by atoms with van der Waals surface area (Å²) >= 11 is 1.54. The molecular weight excluding hydrogens is 417 g/mol. The van der Waals surface area contributed by atoms with Crippen LogP contribution in [0.3, 0.4) is 0 Å². The maximum Gasteiger partial charge on any atom is 0.255 e. The van der Waals surface area contributed by atoms with E-state index >= 15 is 0 Å². The minimum atomic E-state index is -0.928. The first-order valence-corrected chi connectivity index (χ1v) is 10.9. The Kier molecular flexibility index (Phi) is 7.41. The summed E-state index contributed by atoms with van der Waals surface area (Å²) < 4.78 is 25.7. The van der Waals surface area contributed by atoms with E-state index in [9.17, 15) is 14.3 Å². The highest BCUT2D eigenvalue weighted by atomic mass is 32.2. The van der Waals surface area contributed by atoms with Crippen LogP contribution in [-0.2, 0) is 5.75 Å². The van der Waals surface area contributed by atoms with Gasteiger partial charge < -0.3 is 14.6 Å². The second-order valence-corrected chi connectivity index (χ2v) is 8.51. The van der Waals surface area contributed by atoms with Crippen LogP contribution in [0.2, 0.25) is 0 Å². The predicted octanol–water partition coefficient (Wildman–Crippen LogP) is 4.82. The van der Waals surface area contributed by atoms with E-state index in [0.717, 1.165) is 10.5 Å². The molecule has 7 heteroatoms. The number of benzene rings is 2. The van der Waals surface area contributed by atoms with Crippen molar-refractivity contribution in [3.05, 3.63) is 82.5 Å². The van der Waals surface area contributed by atoms with Gasteiger partial charge in [-0.05, 0) is 61.4 Å². The van der Waals surface area contributed by atoms with Crippen molar-refractivity contribution in [2.24, 2.45) is 0 Å². The molecular formula is C24H26FNO4S. The second-order valence-electron chi connectivity index (χ2n) is 7.46. The Morgan fingerprint density at radius 2 is 1.84 bits per heavy atom. The molecule has 1 aromatic heterocycles. The van der Waals surface area contributed by atoms with Gasteiger partial charge in [0.15, 0.2) is 11.5 Å². The molecule has 0 amide bonds. The Labute approximate surface area is 185 Å². The summed E-state index contributed by atoms with van der Waals surface area (Å²) in [4.78, 5) is 13.6. The molecule has 0 saturated heterocycles. The molecule has 5 nitrogen and oxygen atoms in total. The first-order valence-electron chi connectivity index (χ1n) is 9.95. The minimum Gasteiger partial charge on any atom is -0.493 e. The summed E-state index contributed by atoms with van der Waals surface area (Å²) in [6.45, 7) is 3.74. The number of ether oxygens (including phenoxy) is 2. The zero-order valence-electron chi connectivity index (χ0n) is 17.8. The van der Waals surface area contributed by atoms with Crippen LogP contribution >= 0.6 is 11.8 Å². The zero-order chi connectivity index (χ0) is 22.4. The van der Waals surface area contributed by atoms with Crippen molar-refractivity contribution in [1.82, 2.24) is 4.57 Å². The number of nitrogens with zero attached hydrogens (tertiary/aromatic N) is 1. The highest BCUT2D eigenvalue weighted by molar-refractivity contribution is 7.98. The molecule has 0 spiro atoms. The van der Waals surface area contributed by atoms with Gasteiger partial charge in [-0.3, -0.25) is 9.36 Å². The van der Waals surface area contributed by atoms with Gasteiger partial charge in [0.25, 0.3) is 5.56 Å². The fourth-order valence-corrected chi connectivity index (χ4v) is 3.62. The monoisotopic (exact) mass is 443 g/mol. The molecule has 3 aromatic rings. The maximum atomic E-state index is 13.0. The van der Waals surface area contributed by atoms with Gasteiger partial charge in [-0.2, -0.15) is 0 Å². The molecule has 0 aliphatic carbocycles. The molecule has 3 rings (SSSR count). The normalized spacial score (nSPS) is 12.9. The number of rotatable bonds is 9. The van der Waals surface area contributed by atoms with Gasteiger partial charge >= 0.3 is 0 Å². The largest absolute Gasteiger partial charge is 0.493 e. The lowest BCUT2D eigenvalue weighted by molar-refractivity contribution is 0.00775. The average Bonchev–Trinajstić information content (AvgIpc) is 2.77. The lowest BCUT2D eigenvalue weighted by Gasteiger charge is -2.22. The number of thioether (sulfide) groups is 1. The van der Waals surface area contributed by atoms with Crippen LogP contribution in [0.25, 0.3) is 5.69 Å². The molecule has 0 saturated carbocycles. The quantitative estimate of drug-likeness (QED) is 0.481. The molecule has 1 N–H and O–H groups in total. The van der Waals surface area contributed by atoms with E-state index in [2.05, 4.69) is 0 Å². The first-order chi connectivity index (χ1) is 14.8. The summed E-state index contributed by atoms with van der Waals surface area (Å²) in [5, 5.41) is 10.1. The third-order valence-electron chi connectivity index (χ3n) is 4.93. The number of aliphatic hydroxyl groups is 1. The van der Waals surface area contributed by atoms with E-state index in [1.54, 1.807) is 49.5 Å².